The van der Waals surface area contributed by atoms with E-state index in [0.717, 1.165) is 5.56 Å². The van der Waals surface area contributed by atoms with E-state index < -0.39 is 17.5 Å². The lowest BCUT2D eigenvalue weighted by Gasteiger charge is -2.36. The van der Waals surface area contributed by atoms with Crippen LogP contribution in [0.4, 0.5) is 4.79 Å². The number of benzene rings is 1. The fraction of sp³-hybridized carbons (Fsp3) is 0.467. The summed E-state index contributed by atoms with van der Waals surface area (Å²) in [4.78, 5) is 26.3. The quantitative estimate of drug-likeness (QED) is 0.831. The highest BCUT2D eigenvalue weighted by Gasteiger charge is 2.37. The van der Waals surface area contributed by atoms with Crippen LogP contribution in [-0.2, 0) is 11.3 Å². The Morgan fingerprint density at radius 3 is 2.24 bits per heavy atom. The summed E-state index contributed by atoms with van der Waals surface area (Å²) in [7, 11) is 1.45. The second-order valence-electron chi connectivity index (χ2n) is 5.34. The second-order valence-corrected chi connectivity index (χ2v) is 5.34. The van der Waals surface area contributed by atoms with E-state index in [-0.39, 0.29) is 13.2 Å². The number of amides is 2. The number of carboxylic acids is 1. The fourth-order valence-corrected chi connectivity index (χ4v) is 1.76. The highest BCUT2D eigenvalue weighted by atomic mass is 16.4. The standard InChI is InChI=1S/C15H22N2O4/c1-15(2,13(19)20)16(3)14(21)17(9-10-18)11-12-7-5-4-6-8-12/h4-8,18H,9-11H2,1-3H3,(H,19,20). The summed E-state index contributed by atoms with van der Waals surface area (Å²) in [6.45, 7) is 3.22. The molecule has 0 aliphatic carbocycles. The first-order valence-electron chi connectivity index (χ1n) is 6.71. The third-order valence-corrected chi connectivity index (χ3v) is 3.51. The molecule has 1 rings (SSSR count). The van der Waals surface area contributed by atoms with Gasteiger partial charge in [-0.15, -0.1) is 0 Å². The van der Waals surface area contributed by atoms with Crippen LogP contribution < -0.4 is 0 Å². The van der Waals surface area contributed by atoms with Gasteiger partial charge in [-0.1, -0.05) is 30.3 Å². The SMILES string of the molecule is CN(C(=O)N(CCO)Cc1ccccc1)C(C)(C)C(=O)O. The van der Waals surface area contributed by atoms with Gasteiger partial charge in [0.25, 0.3) is 0 Å². The van der Waals surface area contributed by atoms with Crippen molar-refractivity contribution in [2.45, 2.75) is 25.9 Å². The van der Waals surface area contributed by atoms with E-state index in [4.69, 9.17) is 5.11 Å². The van der Waals surface area contributed by atoms with Gasteiger partial charge in [-0.05, 0) is 19.4 Å². The number of urea groups is 1. The van der Waals surface area contributed by atoms with Crippen LogP contribution in [0.1, 0.15) is 19.4 Å². The normalized spacial score (nSPS) is 11.0. The molecule has 0 saturated carbocycles. The predicted octanol–water partition coefficient (Wildman–Crippen LogP) is 1.40. The molecule has 6 heteroatoms. The number of carbonyl (C=O) groups is 2. The van der Waals surface area contributed by atoms with Crippen LogP contribution >= 0.6 is 0 Å². The van der Waals surface area contributed by atoms with Gasteiger partial charge >= 0.3 is 12.0 Å². The Kier molecular flexibility index (Phi) is 5.72. The van der Waals surface area contributed by atoms with E-state index in [9.17, 15) is 14.7 Å². The Morgan fingerprint density at radius 1 is 1.19 bits per heavy atom. The number of carboxylic acid groups (broad SMARTS) is 1. The summed E-state index contributed by atoms with van der Waals surface area (Å²) in [5, 5.41) is 18.3. The number of aliphatic carboxylic acids is 1. The summed E-state index contributed by atoms with van der Waals surface area (Å²) in [6, 6.07) is 8.92. The molecule has 0 radical (unpaired) electrons. The van der Waals surface area contributed by atoms with Crippen molar-refractivity contribution in [1.29, 1.82) is 0 Å². The van der Waals surface area contributed by atoms with Crippen LogP contribution in [0, 0.1) is 0 Å². The van der Waals surface area contributed by atoms with Gasteiger partial charge in [0, 0.05) is 20.1 Å². The molecule has 0 aliphatic rings. The smallest absolute Gasteiger partial charge is 0.329 e. The predicted molar refractivity (Wildman–Crippen MR) is 78.8 cm³/mol. The molecule has 0 bridgehead atoms. The Balaban J connectivity index is 2.90. The van der Waals surface area contributed by atoms with Gasteiger partial charge in [-0.3, -0.25) is 0 Å². The molecule has 0 fully saturated rings. The summed E-state index contributed by atoms with van der Waals surface area (Å²) in [5.74, 6) is -1.08. The Morgan fingerprint density at radius 2 is 1.76 bits per heavy atom. The van der Waals surface area contributed by atoms with E-state index in [2.05, 4.69) is 0 Å². The molecule has 0 spiro atoms. The van der Waals surface area contributed by atoms with E-state index in [0.29, 0.717) is 6.54 Å². The zero-order valence-electron chi connectivity index (χ0n) is 12.6. The summed E-state index contributed by atoms with van der Waals surface area (Å²) < 4.78 is 0. The molecule has 0 atom stereocenters. The number of hydrogen-bond acceptors (Lipinski definition) is 3. The summed E-state index contributed by atoms with van der Waals surface area (Å²) >= 11 is 0. The number of aliphatic hydroxyl groups excluding tert-OH is 1. The molecule has 0 heterocycles. The van der Waals surface area contributed by atoms with Crippen molar-refractivity contribution in [1.82, 2.24) is 9.80 Å². The van der Waals surface area contributed by atoms with Gasteiger partial charge in [0.1, 0.15) is 5.54 Å². The van der Waals surface area contributed by atoms with Crippen molar-refractivity contribution in [3.8, 4) is 0 Å². The maximum atomic E-state index is 12.5. The minimum Gasteiger partial charge on any atom is -0.480 e. The maximum absolute atomic E-state index is 12.5. The number of hydrogen-bond donors (Lipinski definition) is 2. The number of carbonyl (C=O) groups excluding carboxylic acids is 1. The van der Waals surface area contributed by atoms with Crippen LogP contribution in [0.2, 0.25) is 0 Å². The van der Waals surface area contributed by atoms with Crippen molar-refractivity contribution in [3.63, 3.8) is 0 Å². The first-order valence-corrected chi connectivity index (χ1v) is 6.71. The Hall–Kier alpha value is -2.08. The average Bonchev–Trinajstić information content (AvgIpc) is 2.46. The van der Waals surface area contributed by atoms with Gasteiger partial charge in [0.05, 0.1) is 6.61 Å². The minimum atomic E-state index is -1.32. The zero-order chi connectivity index (χ0) is 16.0. The molecule has 1 aromatic carbocycles. The first-order chi connectivity index (χ1) is 9.80. The van der Waals surface area contributed by atoms with Gasteiger partial charge in [0.15, 0.2) is 0 Å². The second kappa shape index (κ2) is 7.08. The number of nitrogens with zero attached hydrogens (tertiary/aromatic N) is 2. The number of rotatable bonds is 6. The molecule has 2 amide bonds. The van der Waals surface area contributed by atoms with Crippen LogP contribution in [0.3, 0.4) is 0 Å². The van der Waals surface area contributed by atoms with Gasteiger partial charge in [-0.25, -0.2) is 9.59 Å². The van der Waals surface area contributed by atoms with Crippen molar-refractivity contribution in [2.75, 3.05) is 20.2 Å². The van der Waals surface area contributed by atoms with Gasteiger partial charge in [0.2, 0.25) is 0 Å². The molecule has 6 nitrogen and oxygen atoms in total. The third-order valence-electron chi connectivity index (χ3n) is 3.51. The lowest BCUT2D eigenvalue weighted by Crippen LogP contribution is -2.55. The molecule has 2 N–H and O–H groups in total. The molecule has 21 heavy (non-hydrogen) atoms. The van der Waals surface area contributed by atoms with E-state index in [1.807, 2.05) is 30.3 Å². The highest BCUT2D eigenvalue weighted by Crippen LogP contribution is 2.16. The zero-order valence-corrected chi connectivity index (χ0v) is 12.6. The van der Waals surface area contributed by atoms with E-state index in [1.54, 1.807) is 0 Å². The van der Waals surface area contributed by atoms with Crippen molar-refractivity contribution >= 4 is 12.0 Å². The van der Waals surface area contributed by atoms with Gasteiger partial charge < -0.3 is 20.0 Å². The number of likely N-dealkylation sites (N-methyl/N-ethyl adjacent to an activating group) is 1. The molecular weight excluding hydrogens is 272 g/mol. The molecule has 116 valence electrons. The largest absolute Gasteiger partial charge is 0.480 e. The van der Waals surface area contributed by atoms with Crippen molar-refractivity contribution < 1.29 is 19.8 Å². The molecule has 1 aromatic rings. The van der Waals surface area contributed by atoms with Crippen LogP contribution in [0.15, 0.2) is 30.3 Å². The monoisotopic (exact) mass is 294 g/mol. The molecule has 0 saturated heterocycles. The topological polar surface area (TPSA) is 81.1 Å². The van der Waals surface area contributed by atoms with Gasteiger partial charge in [-0.2, -0.15) is 0 Å². The minimum absolute atomic E-state index is 0.147. The highest BCUT2D eigenvalue weighted by molar-refractivity contribution is 5.85. The molecule has 0 aromatic heterocycles. The van der Waals surface area contributed by atoms with E-state index >= 15 is 0 Å². The summed E-state index contributed by atoms with van der Waals surface area (Å²) in [6.07, 6.45) is 0. The third kappa shape index (κ3) is 4.19. The van der Waals surface area contributed by atoms with Crippen LogP contribution in [-0.4, -0.2) is 57.8 Å². The maximum Gasteiger partial charge on any atom is 0.329 e. The number of aliphatic hydroxyl groups is 1. The molecular formula is C15H22N2O4. The lowest BCUT2D eigenvalue weighted by molar-refractivity contribution is -0.147. The first kappa shape index (κ1) is 17.0. The summed E-state index contributed by atoms with van der Waals surface area (Å²) in [5.41, 5.74) is -0.401. The lowest BCUT2D eigenvalue weighted by atomic mass is 10.0. The fourth-order valence-electron chi connectivity index (χ4n) is 1.76. The van der Waals surface area contributed by atoms with Crippen LogP contribution in [0.5, 0.6) is 0 Å². The molecule has 0 aliphatic heterocycles. The Bertz CT molecular complexity index is 488. The van der Waals surface area contributed by atoms with E-state index in [1.165, 1.54) is 30.7 Å². The average molecular weight is 294 g/mol. The Labute approximate surface area is 124 Å². The van der Waals surface area contributed by atoms with Crippen molar-refractivity contribution in [2.24, 2.45) is 0 Å². The molecule has 0 unspecified atom stereocenters. The van der Waals surface area contributed by atoms with Crippen LogP contribution in [0.25, 0.3) is 0 Å². The van der Waals surface area contributed by atoms with Crippen molar-refractivity contribution in [3.05, 3.63) is 35.9 Å².